The Balaban J connectivity index is 1.46. The zero-order chi connectivity index (χ0) is 23.3. The number of nitrogens with one attached hydrogen (secondary N) is 1. The molecule has 5 rings (SSSR count). The molecule has 8 heteroatoms. The van der Waals surface area contributed by atoms with E-state index in [0.717, 1.165) is 16.9 Å². The monoisotopic (exact) mass is 454 g/mol. The van der Waals surface area contributed by atoms with E-state index in [0.29, 0.717) is 48.2 Å². The van der Waals surface area contributed by atoms with Gasteiger partial charge in [0, 0.05) is 5.56 Å². The normalized spacial score (nSPS) is 11.0. The number of aromatic nitrogens is 4. The summed E-state index contributed by atoms with van der Waals surface area (Å²) < 4.78 is 21.0. The summed E-state index contributed by atoms with van der Waals surface area (Å²) in [5.41, 5.74) is 9.34. The van der Waals surface area contributed by atoms with E-state index in [1.165, 1.54) is 12.1 Å². The molecular weight excluding hydrogens is 431 g/mol. The summed E-state index contributed by atoms with van der Waals surface area (Å²) in [6.07, 6.45) is 0. The van der Waals surface area contributed by atoms with Crippen molar-refractivity contribution in [1.82, 2.24) is 19.7 Å². The minimum absolute atomic E-state index is 0.321. The molecule has 3 N–H and O–H groups in total. The number of nitrogens with zero attached hydrogens (tertiary/aromatic N) is 4. The van der Waals surface area contributed by atoms with Crippen LogP contribution < -0.4 is 15.8 Å². The van der Waals surface area contributed by atoms with Crippen LogP contribution in [0.2, 0.25) is 0 Å². The van der Waals surface area contributed by atoms with Crippen LogP contribution in [0.5, 0.6) is 5.75 Å². The Labute approximate surface area is 196 Å². The molecule has 170 valence electrons. The first-order chi connectivity index (χ1) is 16.7. The summed E-state index contributed by atoms with van der Waals surface area (Å²) in [4.78, 5) is 9.28. The van der Waals surface area contributed by atoms with Crippen molar-refractivity contribution in [3.63, 3.8) is 0 Å². The predicted octanol–water partition coefficient (Wildman–Crippen LogP) is 4.75. The number of nitrogens with two attached hydrogens (primary N) is 1. The lowest BCUT2D eigenvalue weighted by Crippen LogP contribution is -2.13. The van der Waals surface area contributed by atoms with E-state index in [2.05, 4.69) is 15.4 Å². The SMILES string of the molecule is Nc1c2c(-c3ccc(F)cc3)nc(NCCOc3ccccc3)nc2nn1Cc1ccccc1. The number of halogens is 1. The molecular formula is C26H23FN6O. The molecule has 5 aromatic rings. The van der Waals surface area contributed by atoms with Gasteiger partial charge in [-0.15, -0.1) is 5.10 Å². The number of anilines is 2. The second-order valence-electron chi connectivity index (χ2n) is 7.72. The predicted molar refractivity (Wildman–Crippen MR) is 131 cm³/mol. The van der Waals surface area contributed by atoms with Crippen LogP contribution in [0.4, 0.5) is 16.2 Å². The van der Waals surface area contributed by atoms with E-state index < -0.39 is 0 Å². The van der Waals surface area contributed by atoms with Gasteiger partial charge in [0.25, 0.3) is 0 Å². The molecule has 0 fully saturated rings. The second-order valence-corrected chi connectivity index (χ2v) is 7.72. The Hall–Kier alpha value is -4.46. The molecule has 0 saturated heterocycles. The van der Waals surface area contributed by atoms with E-state index in [-0.39, 0.29) is 5.82 Å². The van der Waals surface area contributed by atoms with Gasteiger partial charge < -0.3 is 15.8 Å². The van der Waals surface area contributed by atoms with Gasteiger partial charge in [0.05, 0.1) is 24.2 Å². The Morgan fingerprint density at radius 1 is 0.882 bits per heavy atom. The highest BCUT2D eigenvalue weighted by Crippen LogP contribution is 2.31. The Bertz CT molecular complexity index is 1390. The summed E-state index contributed by atoms with van der Waals surface area (Å²) in [5, 5.41) is 8.47. The minimum Gasteiger partial charge on any atom is -0.492 e. The second kappa shape index (κ2) is 9.58. The van der Waals surface area contributed by atoms with E-state index in [9.17, 15) is 4.39 Å². The first-order valence-electron chi connectivity index (χ1n) is 10.9. The van der Waals surface area contributed by atoms with Gasteiger partial charge >= 0.3 is 0 Å². The summed E-state index contributed by atoms with van der Waals surface area (Å²) in [7, 11) is 0. The molecule has 2 heterocycles. The van der Waals surface area contributed by atoms with E-state index in [4.69, 9.17) is 15.5 Å². The fourth-order valence-corrected chi connectivity index (χ4v) is 3.68. The molecule has 0 aliphatic carbocycles. The maximum absolute atomic E-state index is 13.6. The fraction of sp³-hybridized carbons (Fsp3) is 0.115. The van der Waals surface area contributed by atoms with Gasteiger partial charge in [-0.2, -0.15) is 4.98 Å². The zero-order valence-electron chi connectivity index (χ0n) is 18.4. The van der Waals surface area contributed by atoms with Crippen molar-refractivity contribution in [1.29, 1.82) is 0 Å². The molecule has 0 amide bonds. The van der Waals surface area contributed by atoms with Crippen LogP contribution in [0.1, 0.15) is 5.56 Å². The molecule has 0 radical (unpaired) electrons. The third kappa shape index (κ3) is 4.66. The fourth-order valence-electron chi connectivity index (χ4n) is 3.68. The van der Waals surface area contributed by atoms with E-state index >= 15 is 0 Å². The summed E-state index contributed by atoms with van der Waals surface area (Å²) in [6.45, 7) is 1.42. The van der Waals surface area contributed by atoms with Crippen molar-refractivity contribution >= 4 is 22.8 Å². The first-order valence-corrected chi connectivity index (χ1v) is 10.9. The van der Waals surface area contributed by atoms with Crippen LogP contribution in [-0.2, 0) is 6.54 Å². The van der Waals surface area contributed by atoms with Gasteiger partial charge in [0.1, 0.15) is 24.0 Å². The molecule has 0 saturated carbocycles. The third-order valence-electron chi connectivity index (χ3n) is 5.33. The van der Waals surface area contributed by atoms with Gasteiger partial charge in [-0.1, -0.05) is 48.5 Å². The molecule has 0 aliphatic heterocycles. The number of ether oxygens (including phenoxy) is 1. The number of hydrogen-bond acceptors (Lipinski definition) is 6. The first kappa shape index (κ1) is 21.4. The van der Waals surface area contributed by atoms with Crippen molar-refractivity contribution in [2.24, 2.45) is 0 Å². The molecule has 2 aromatic heterocycles. The molecule has 0 atom stereocenters. The van der Waals surface area contributed by atoms with Gasteiger partial charge in [-0.3, -0.25) is 0 Å². The average molecular weight is 455 g/mol. The minimum atomic E-state index is -0.321. The Kier molecular flexibility index (Phi) is 6.03. The molecule has 0 unspecified atom stereocenters. The zero-order valence-corrected chi connectivity index (χ0v) is 18.4. The van der Waals surface area contributed by atoms with Crippen LogP contribution in [0.3, 0.4) is 0 Å². The molecule has 0 bridgehead atoms. The van der Waals surface area contributed by atoms with Crippen molar-refractivity contribution in [2.45, 2.75) is 6.54 Å². The summed E-state index contributed by atoms with van der Waals surface area (Å²) in [6, 6.07) is 25.7. The standard InChI is InChI=1S/C26H23FN6O/c27-20-13-11-19(12-14-20)23-22-24(28)33(17-18-7-3-1-4-8-18)32-25(22)31-26(30-23)29-15-16-34-21-9-5-2-6-10-21/h1-14H,15-17,28H2,(H,29,31,32). The van der Waals surface area contributed by atoms with Crippen LogP contribution in [0, 0.1) is 5.82 Å². The van der Waals surface area contributed by atoms with Crippen molar-refractivity contribution < 1.29 is 9.13 Å². The van der Waals surface area contributed by atoms with Gasteiger partial charge in [-0.25, -0.2) is 14.1 Å². The third-order valence-corrected chi connectivity index (χ3v) is 5.33. The molecule has 7 nitrogen and oxygen atoms in total. The van der Waals surface area contributed by atoms with Crippen molar-refractivity contribution in [3.8, 4) is 17.0 Å². The number of rotatable bonds is 8. The highest BCUT2D eigenvalue weighted by atomic mass is 19.1. The summed E-state index contributed by atoms with van der Waals surface area (Å²) >= 11 is 0. The molecule has 0 spiro atoms. The Morgan fingerprint density at radius 2 is 1.59 bits per heavy atom. The van der Waals surface area contributed by atoms with E-state index in [1.54, 1.807) is 16.8 Å². The lowest BCUT2D eigenvalue weighted by Gasteiger charge is -2.10. The average Bonchev–Trinajstić information content (AvgIpc) is 3.18. The molecule has 34 heavy (non-hydrogen) atoms. The molecule has 3 aromatic carbocycles. The van der Waals surface area contributed by atoms with Crippen LogP contribution in [0.25, 0.3) is 22.3 Å². The topological polar surface area (TPSA) is 90.9 Å². The van der Waals surface area contributed by atoms with Crippen LogP contribution >= 0.6 is 0 Å². The smallest absolute Gasteiger partial charge is 0.225 e. The van der Waals surface area contributed by atoms with Crippen LogP contribution in [0.15, 0.2) is 84.9 Å². The molecule has 0 aliphatic rings. The number of fused-ring (bicyclic) bond motifs is 1. The lowest BCUT2D eigenvalue weighted by molar-refractivity contribution is 0.332. The highest BCUT2D eigenvalue weighted by molar-refractivity contribution is 5.98. The highest BCUT2D eigenvalue weighted by Gasteiger charge is 2.18. The van der Waals surface area contributed by atoms with Crippen molar-refractivity contribution in [2.75, 3.05) is 24.2 Å². The van der Waals surface area contributed by atoms with Crippen molar-refractivity contribution in [3.05, 3.63) is 96.3 Å². The van der Waals surface area contributed by atoms with Crippen LogP contribution in [-0.4, -0.2) is 32.9 Å². The number of nitrogen functional groups attached to an aromatic ring is 1. The van der Waals surface area contributed by atoms with Gasteiger partial charge in [0.2, 0.25) is 5.95 Å². The van der Waals surface area contributed by atoms with Gasteiger partial charge in [-0.05, 0) is 42.0 Å². The van der Waals surface area contributed by atoms with E-state index in [1.807, 2.05) is 60.7 Å². The number of hydrogen-bond donors (Lipinski definition) is 2. The maximum Gasteiger partial charge on any atom is 0.225 e. The number of benzene rings is 3. The largest absolute Gasteiger partial charge is 0.492 e. The Morgan fingerprint density at radius 3 is 2.32 bits per heavy atom. The maximum atomic E-state index is 13.6. The lowest BCUT2D eigenvalue weighted by atomic mass is 10.1. The summed E-state index contributed by atoms with van der Waals surface area (Å²) in [5.74, 6) is 1.32. The number of para-hydroxylation sites is 1. The van der Waals surface area contributed by atoms with Gasteiger partial charge in [0.15, 0.2) is 5.65 Å². The quantitative estimate of drug-likeness (QED) is 0.329.